The van der Waals surface area contributed by atoms with Crippen molar-refractivity contribution >= 4 is 17.5 Å². The number of amides is 2. The van der Waals surface area contributed by atoms with E-state index >= 15 is 0 Å². The Bertz CT molecular complexity index is 572. The van der Waals surface area contributed by atoms with Crippen molar-refractivity contribution in [3.8, 4) is 0 Å². The molecule has 8 heteroatoms. The lowest BCUT2D eigenvalue weighted by Crippen LogP contribution is -2.50. The fourth-order valence-electron chi connectivity index (χ4n) is 2.16. The molecule has 114 valence electrons. The molecule has 2 rings (SSSR count). The lowest BCUT2D eigenvalue weighted by atomic mass is 10.0. The molecule has 0 bridgehead atoms. The maximum absolute atomic E-state index is 12.7. The summed E-state index contributed by atoms with van der Waals surface area (Å²) in [4.78, 5) is 23.6. The molecule has 1 fully saturated rings. The quantitative estimate of drug-likeness (QED) is 0.720. The lowest BCUT2D eigenvalue weighted by molar-refractivity contribution is -0.137. The largest absolute Gasteiger partial charge is 0.418 e. The molecule has 0 aromatic heterocycles. The molecule has 0 saturated carbocycles. The molecule has 5 nitrogen and oxygen atoms in total. The number of nitrogens with one attached hydrogen (secondary N) is 2. The zero-order valence-corrected chi connectivity index (χ0v) is 11.0. The van der Waals surface area contributed by atoms with Crippen molar-refractivity contribution in [2.45, 2.75) is 25.1 Å². The van der Waals surface area contributed by atoms with Crippen LogP contribution in [-0.2, 0) is 11.0 Å². The van der Waals surface area contributed by atoms with Crippen molar-refractivity contribution in [3.63, 3.8) is 0 Å². The van der Waals surface area contributed by atoms with E-state index in [2.05, 4.69) is 10.6 Å². The van der Waals surface area contributed by atoms with Crippen LogP contribution in [0.5, 0.6) is 0 Å². The number of carbonyl (C=O) groups excluding carboxylic acids is 2. The summed E-state index contributed by atoms with van der Waals surface area (Å²) >= 11 is 0. The van der Waals surface area contributed by atoms with E-state index in [0.29, 0.717) is 19.4 Å². The highest BCUT2D eigenvalue weighted by Gasteiger charge is 2.34. The summed E-state index contributed by atoms with van der Waals surface area (Å²) < 4.78 is 38.2. The molecule has 1 aliphatic heterocycles. The van der Waals surface area contributed by atoms with Crippen LogP contribution < -0.4 is 16.4 Å². The van der Waals surface area contributed by atoms with Crippen LogP contribution in [0, 0.1) is 0 Å². The van der Waals surface area contributed by atoms with Crippen LogP contribution in [0.1, 0.15) is 28.8 Å². The average Bonchev–Trinajstić information content (AvgIpc) is 2.40. The molecule has 1 aromatic rings. The average molecular weight is 301 g/mol. The van der Waals surface area contributed by atoms with Crippen LogP contribution in [-0.4, -0.2) is 24.4 Å². The molecule has 21 heavy (non-hydrogen) atoms. The van der Waals surface area contributed by atoms with Crippen molar-refractivity contribution in [2.24, 2.45) is 0 Å². The number of nitrogens with two attached hydrogens (primary N) is 1. The van der Waals surface area contributed by atoms with E-state index in [9.17, 15) is 22.8 Å². The summed E-state index contributed by atoms with van der Waals surface area (Å²) in [5.41, 5.74) is 3.43. The summed E-state index contributed by atoms with van der Waals surface area (Å²) in [6, 6.07) is 2.36. The number of benzene rings is 1. The minimum Gasteiger partial charge on any atom is -0.398 e. The fourth-order valence-corrected chi connectivity index (χ4v) is 2.16. The van der Waals surface area contributed by atoms with Crippen molar-refractivity contribution < 1.29 is 22.8 Å². The third kappa shape index (κ3) is 3.26. The highest BCUT2D eigenvalue weighted by Crippen LogP contribution is 2.34. The van der Waals surface area contributed by atoms with Gasteiger partial charge in [-0.3, -0.25) is 9.59 Å². The number of piperidine rings is 1. The van der Waals surface area contributed by atoms with Gasteiger partial charge in [0, 0.05) is 6.54 Å². The van der Waals surface area contributed by atoms with Gasteiger partial charge in [-0.05, 0) is 25.0 Å². The maximum Gasteiger partial charge on any atom is 0.418 e. The molecule has 1 atom stereocenters. The van der Waals surface area contributed by atoms with Crippen molar-refractivity contribution in [1.82, 2.24) is 10.6 Å². The predicted octanol–water partition coefficient (Wildman–Crippen LogP) is 1.30. The van der Waals surface area contributed by atoms with Gasteiger partial charge in [-0.15, -0.1) is 0 Å². The Morgan fingerprint density at radius 3 is 2.71 bits per heavy atom. The number of hydrogen-bond donors (Lipinski definition) is 3. The van der Waals surface area contributed by atoms with E-state index in [1.165, 1.54) is 6.07 Å². The summed E-state index contributed by atoms with van der Waals surface area (Å²) in [6.07, 6.45) is -3.51. The highest BCUT2D eigenvalue weighted by atomic mass is 19.4. The SMILES string of the molecule is Nc1c(C(=O)NC2CCCNC2=O)cccc1C(F)(F)F. The van der Waals surface area contributed by atoms with Gasteiger partial charge in [0.1, 0.15) is 6.04 Å². The first-order chi connectivity index (χ1) is 9.80. The Kier molecular flexibility index (Phi) is 4.06. The predicted molar refractivity (Wildman–Crippen MR) is 69.4 cm³/mol. The minimum absolute atomic E-state index is 0.289. The van der Waals surface area contributed by atoms with E-state index in [0.717, 1.165) is 12.1 Å². The molecule has 2 amide bonds. The summed E-state index contributed by atoms with van der Waals surface area (Å²) in [7, 11) is 0. The molecule has 1 unspecified atom stereocenters. The van der Waals surface area contributed by atoms with Crippen molar-refractivity contribution in [2.75, 3.05) is 12.3 Å². The second-order valence-electron chi connectivity index (χ2n) is 4.72. The molecule has 0 radical (unpaired) electrons. The summed E-state index contributed by atoms with van der Waals surface area (Å²) in [6.45, 7) is 0.525. The van der Waals surface area contributed by atoms with Crippen LogP contribution in [0.2, 0.25) is 0 Å². The van der Waals surface area contributed by atoms with E-state index in [1.54, 1.807) is 0 Å². The van der Waals surface area contributed by atoms with Gasteiger partial charge in [0.2, 0.25) is 5.91 Å². The summed E-state index contributed by atoms with van der Waals surface area (Å²) in [5.74, 6) is -1.14. The third-order valence-corrected chi connectivity index (χ3v) is 3.25. The van der Waals surface area contributed by atoms with Gasteiger partial charge >= 0.3 is 6.18 Å². The maximum atomic E-state index is 12.7. The number of anilines is 1. The monoisotopic (exact) mass is 301 g/mol. The standard InChI is InChI=1S/C13H14F3N3O2/c14-13(15,16)8-4-1-3-7(10(8)17)11(20)19-9-5-2-6-18-12(9)21/h1,3-4,9H,2,5-6,17H2,(H,18,21)(H,19,20). The van der Waals surface area contributed by atoms with Gasteiger partial charge in [0.25, 0.3) is 5.91 Å². The molecule has 4 N–H and O–H groups in total. The van der Waals surface area contributed by atoms with Crippen LogP contribution in [0.4, 0.5) is 18.9 Å². The lowest BCUT2D eigenvalue weighted by Gasteiger charge is -2.23. The van der Waals surface area contributed by atoms with Crippen LogP contribution >= 0.6 is 0 Å². The number of para-hydroxylation sites is 1. The molecule has 1 heterocycles. The normalized spacial score (nSPS) is 19.0. The molecule has 0 spiro atoms. The second kappa shape index (κ2) is 5.63. The van der Waals surface area contributed by atoms with Gasteiger partial charge < -0.3 is 16.4 Å². The first kappa shape index (κ1) is 15.1. The number of alkyl halides is 3. The Balaban J connectivity index is 2.22. The molecular formula is C13H14F3N3O2. The number of carbonyl (C=O) groups is 2. The first-order valence-electron chi connectivity index (χ1n) is 6.35. The van der Waals surface area contributed by atoms with Gasteiger partial charge in [-0.2, -0.15) is 13.2 Å². The van der Waals surface area contributed by atoms with Crippen molar-refractivity contribution in [3.05, 3.63) is 29.3 Å². The summed E-state index contributed by atoms with van der Waals surface area (Å²) in [5, 5.41) is 4.98. The molecular weight excluding hydrogens is 287 g/mol. The Labute approximate surface area is 118 Å². The zero-order chi connectivity index (χ0) is 15.6. The topological polar surface area (TPSA) is 84.2 Å². The Morgan fingerprint density at radius 1 is 1.38 bits per heavy atom. The molecule has 1 aromatic carbocycles. The van der Waals surface area contributed by atoms with E-state index < -0.39 is 29.4 Å². The number of halogens is 3. The number of hydrogen-bond acceptors (Lipinski definition) is 3. The van der Waals surface area contributed by atoms with Crippen LogP contribution in [0.25, 0.3) is 0 Å². The van der Waals surface area contributed by atoms with Gasteiger partial charge in [0.05, 0.1) is 16.8 Å². The fraction of sp³-hybridized carbons (Fsp3) is 0.385. The Morgan fingerprint density at radius 2 is 2.10 bits per heavy atom. The van der Waals surface area contributed by atoms with Gasteiger partial charge in [0.15, 0.2) is 0 Å². The van der Waals surface area contributed by atoms with Crippen LogP contribution in [0.15, 0.2) is 18.2 Å². The second-order valence-corrected chi connectivity index (χ2v) is 4.72. The highest BCUT2D eigenvalue weighted by molar-refractivity contribution is 6.02. The first-order valence-corrected chi connectivity index (χ1v) is 6.35. The van der Waals surface area contributed by atoms with E-state index in [-0.39, 0.29) is 11.5 Å². The number of nitrogen functional groups attached to an aromatic ring is 1. The van der Waals surface area contributed by atoms with Crippen LogP contribution in [0.3, 0.4) is 0 Å². The van der Waals surface area contributed by atoms with E-state index in [4.69, 9.17) is 5.73 Å². The minimum atomic E-state index is -4.64. The molecule has 1 saturated heterocycles. The van der Waals surface area contributed by atoms with E-state index in [1.807, 2.05) is 0 Å². The Hall–Kier alpha value is -2.25. The smallest absolute Gasteiger partial charge is 0.398 e. The van der Waals surface area contributed by atoms with Crippen molar-refractivity contribution in [1.29, 1.82) is 0 Å². The third-order valence-electron chi connectivity index (χ3n) is 3.25. The zero-order valence-electron chi connectivity index (χ0n) is 11.0. The molecule has 1 aliphatic rings. The van der Waals surface area contributed by atoms with Gasteiger partial charge in [-0.1, -0.05) is 6.07 Å². The van der Waals surface area contributed by atoms with Gasteiger partial charge in [-0.25, -0.2) is 0 Å². The number of rotatable bonds is 2. The molecule has 0 aliphatic carbocycles.